The van der Waals surface area contributed by atoms with Crippen LogP contribution in [0, 0.1) is 6.42 Å². The van der Waals surface area contributed by atoms with Crippen LogP contribution in [0.15, 0.2) is 71.7 Å². The third-order valence-corrected chi connectivity index (χ3v) is 5.39. The lowest BCUT2D eigenvalue weighted by molar-refractivity contribution is 0.295. The van der Waals surface area contributed by atoms with Crippen LogP contribution >= 0.6 is 0 Å². The Balaban J connectivity index is 1.50. The second-order valence-corrected chi connectivity index (χ2v) is 7.65. The molecule has 1 aliphatic heterocycles. The van der Waals surface area contributed by atoms with E-state index in [2.05, 4.69) is 80.9 Å². The van der Waals surface area contributed by atoms with Crippen LogP contribution in [0.2, 0.25) is 0 Å². The quantitative estimate of drug-likeness (QED) is 0.639. The fraction of sp³-hybridized carbons (Fsp3) is 0.208. The van der Waals surface area contributed by atoms with Crippen molar-refractivity contribution in [2.24, 2.45) is 4.99 Å². The summed E-state index contributed by atoms with van der Waals surface area (Å²) in [4.78, 5) is 9.82. The maximum atomic E-state index is 6.09. The van der Waals surface area contributed by atoms with Crippen LogP contribution < -0.4 is 0 Å². The monoisotopic (exact) mass is 353 g/mol. The molecule has 1 radical (unpaired) electrons. The minimum atomic E-state index is -0.370. The Morgan fingerprint density at radius 1 is 0.963 bits per heavy atom. The molecule has 3 heteroatoms. The SMILES string of the molecule is CC(C)(C1=N[C@@H](c2cccc3ccccc23)CO1)c1cccc(C2=C[CH]2)n1. The van der Waals surface area contributed by atoms with Crippen LogP contribution in [0.4, 0.5) is 0 Å². The molecule has 1 aromatic heterocycles. The zero-order valence-electron chi connectivity index (χ0n) is 15.5. The first-order valence-corrected chi connectivity index (χ1v) is 9.34. The first kappa shape index (κ1) is 16.2. The summed E-state index contributed by atoms with van der Waals surface area (Å²) in [6, 6.07) is 21.0. The molecule has 0 spiro atoms. The highest BCUT2D eigenvalue weighted by Crippen LogP contribution is 2.36. The highest BCUT2D eigenvalue weighted by molar-refractivity contribution is 5.91. The molecule has 5 rings (SSSR count). The third kappa shape index (κ3) is 2.84. The fourth-order valence-corrected chi connectivity index (χ4v) is 3.68. The van der Waals surface area contributed by atoms with Gasteiger partial charge in [0.05, 0.1) is 16.8 Å². The van der Waals surface area contributed by atoms with Gasteiger partial charge in [0, 0.05) is 6.42 Å². The summed E-state index contributed by atoms with van der Waals surface area (Å²) in [5.41, 5.74) is 4.06. The van der Waals surface area contributed by atoms with Crippen molar-refractivity contribution in [3.05, 3.63) is 90.1 Å². The number of nitrogens with zero attached hydrogens (tertiary/aromatic N) is 2. The van der Waals surface area contributed by atoms with Gasteiger partial charge >= 0.3 is 0 Å². The van der Waals surface area contributed by atoms with E-state index in [1.807, 2.05) is 6.07 Å². The molecule has 0 N–H and O–H groups in total. The molecule has 1 aliphatic carbocycles. The van der Waals surface area contributed by atoms with Gasteiger partial charge in [-0.1, -0.05) is 54.6 Å². The molecule has 0 saturated heterocycles. The van der Waals surface area contributed by atoms with Gasteiger partial charge in [0.25, 0.3) is 0 Å². The summed E-state index contributed by atoms with van der Waals surface area (Å²) in [6.45, 7) is 4.84. The van der Waals surface area contributed by atoms with Crippen molar-refractivity contribution in [2.75, 3.05) is 6.61 Å². The predicted molar refractivity (Wildman–Crippen MR) is 110 cm³/mol. The molecule has 0 fully saturated rings. The van der Waals surface area contributed by atoms with E-state index in [9.17, 15) is 0 Å². The molecule has 2 aliphatic rings. The van der Waals surface area contributed by atoms with Gasteiger partial charge in [0.15, 0.2) is 5.90 Å². The molecule has 3 nitrogen and oxygen atoms in total. The van der Waals surface area contributed by atoms with Gasteiger partial charge in [0.2, 0.25) is 0 Å². The molecular formula is C24H21N2O. The van der Waals surface area contributed by atoms with Gasteiger partial charge in [-0.25, -0.2) is 4.99 Å². The summed E-state index contributed by atoms with van der Waals surface area (Å²) in [5, 5.41) is 2.48. The predicted octanol–water partition coefficient (Wildman–Crippen LogP) is 5.28. The van der Waals surface area contributed by atoms with Crippen molar-refractivity contribution in [1.29, 1.82) is 0 Å². The van der Waals surface area contributed by atoms with Crippen molar-refractivity contribution >= 4 is 22.2 Å². The van der Waals surface area contributed by atoms with Gasteiger partial charge in [-0.15, -0.1) is 0 Å². The second kappa shape index (κ2) is 6.05. The van der Waals surface area contributed by atoms with E-state index in [1.54, 1.807) is 0 Å². The summed E-state index contributed by atoms with van der Waals surface area (Å²) in [5.74, 6) is 0.763. The topological polar surface area (TPSA) is 34.5 Å². The van der Waals surface area contributed by atoms with Crippen LogP contribution in [-0.4, -0.2) is 17.5 Å². The number of rotatable bonds is 4. The Morgan fingerprint density at radius 2 is 1.74 bits per heavy atom. The van der Waals surface area contributed by atoms with E-state index in [4.69, 9.17) is 14.7 Å². The van der Waals surface area contributed by atoms with E-state index >= 15 is 0 Å². The van der Waals surface area contributed by atoms with E-state index < -0.39 is 0 Å². The normalized spacial score (nSPS) is 18.8. The van der Waals surface area contributed by atoms with E-state index in [-0.39, 0.29) is 11.5 Å². The first-order valence-electron chi connectivity index (χ1n) is 9.34. The Morgan fingerprint density at radius 3 is 2.59 bits per heavy atom. The lowest BCUT2D eigenvalue weighted by Gasteiger charge is -2.23. The lowest BCUT2D eigenvalue weighted by Crippen LogP contribution is -2.30. The smallest absolute Gasteiger partial charge is 0.196 e. The number of aromatic nitrogens is 1. The molecule has 0 amide bonds. The molecule has 1 atom stereocenters. The average Bonchev–Trinajstić information content (AvgIpc) is 3.44. The number of fused-ring (bicyclic) bond motifs is 1. The molecule has 2 heterocycles. The minimum absolute atomic E-state index is 0.0213. The largest absolute Gasteiger partial charge is 0.478 e. The van der Waals surface area contributed by atoms with Crippen LogP contribution in [0.25, 0.3) is 16.3 Å². The van der Waals surface area contributed by atoms with Crippen molar-refractivity contribution in [3.8, 4) is 0 Å². The van der Waals surface area contributed by atoms with Crippen molar-refractivity contribution < 1.29 is 4.74 Å². The maximum Gasteiger partial charge on any atom is 0.196 e. The molecule has 0 bridgehead atoms. The maximum absolute atomic E-state index is 6.09. The standard InChI is InChI=1S/C24H21N2O/c1-24(2,22-12-6-11-20(25-22)17-13-14-17)23-26-21(15-27-23)19-10-5-8-16-7-3-4-9-18(16)19/h3-14,21H,15H2,1-2H3/t21-/m1/s1. The Labute approximate surface area is 159 Å². The summed E-state index contributed by atoms with van der Waals surface area (Å²) >= 11 is 0. The van der Waals surface area contributed by atoms with Crippen LogP contribution in [0.3, 0.4) is 0 Å². The number of ether oxygens (including phenoxy) is 1. The van der Waals surface area contributed by atoms with Crippen LogP contribution in [0.1, 0.15) is 36.8 Å². The zero-order valence-corrected chi connectivity index (χ0v) is 15.5. The van der Waals surface area contributed by atoms with E-state index in [0.717, 1.165) is 17.3 Å². The molecule has 3 aromatic rings. The summed E-state index contributed by atoms with van der Waals surface area (Å²) < 4.78 is 6.09. The second-order valence-electron chi connectivity index (χ2n) is 7.65. The zero-order chi connectivity index (χ0) is 18.4. The highest BCUT2D eigenvalue weighted by Gasteiger charge is 2.36. The minimum Gasteiger partial charge on any atom is -0.478 e. The fourth-order valence-electron chi connectivity index (χ4n) is 3.68. The van der Waals surface area contributed by atoms with Crippen molar-refractivity contribution in [1.82, 2.24) is 4.98 Å². The van der Waals surface area contributed by atoms with E-state index in [1.165, 1.54) is 21.9 Å². The average molecular weight is 353 g/mol. The summed E-state index contributed by atoms with van der Waals surface area (Å²) in [7, 11) is 0. The summed E-state index contributed by atoms with van der Waals surface area (Å²) in [6.07, 6.45) is 4.17. The number of hydrogen-bond acceptors (Lipinski definition) is 3. The number of pyridine rings is 1. The van der Waals surface area contributed by atoms with E-state index in [0.29, 0.717) is 6.61 Å². The van der Waals surface area contributed by atoms with Crippen LogP contribution in [0.5, 0.6) is 0 Å². The molecule has 27 heavy (non-hydrogen) atoms. The molecular weight excluding hydrogens is 332 g/mol. The Bertz CT molecular complexity index is 1090. The van der Waals surface area contributed by atoms with Gasteiger partial charge in [0.1, 0.15) is 12.6 Å². The number of hydrogen-bond donors (Lipinski definition) is 0. The lowest BCUT2D eigenvalue weighted by atomic mass is 9.88. The van der Waals surface area contributed by atoms with Crippen molar-refractivity contribution in [2.45, 2.75) is 25.3 Å². The molecule has 0 unspecified atom stereocenters. The molecule has 133 valence electrons. The number of aliphatic imine (C=N–C) groups is 1. The van der Waals surface area contributed by atoms with Gasteiger partial charge < -0.3 is 4.74 Å². The van der Waals surface area contributed by atoms with Gasteiger partial charge in [-0.2, -0.15) is 0 Å². The van der Waals surface area contributed by atoms with Crippen molar-refractivity contribution in [3.63, 3.8) is 0 Å². The third-order valence-electron chi connectivity index (χ3n) is 5.39. The van der Waals surface area contributed by atoms with Crippen LogP contribution in [-0.2, 0) is 10.2 Å². The number of allylic oxidation sites excluding steroid dienone is 2. The molecule has 0 saturated carbocycles. The number of benzene rings is 2. The Kier molecular flexibility index (Phi) is 3.64. The van der Waals surface area contributed by atoms with Gasteiger partial charge in [-0.3, -0.25) is 4.98 Å². The molecule has 2 aromatic carbocycles. The highest BCUT2D eigenvalue weighted by atomic mass is 16.5. The Hall–Kier alpha value is -2.94. The first-order chi connectivity index (χ1) is 13.1. The van der Waals surface area contributed by atoms with Gasteiger partial charge in [-0.05, 0) is 47.9 Å².